The van der Waals surface area contributed by atoms with Gasteiger partial charge in [0.2, 0.25) is 0 Å². The van der Waals surface area contributed by atoms with Crippen LogP contribution < -0.4 is 0 Å². The van der Waals surface area contributed by atoms with Gasteiger partial charge in [-0.1, -0.05) is 24.3 Å². The van der Waals surface area contributed by atoms with Crippen LogP contribution in [0.5, 0.6) is 0 Å². The highest BCUT2D eigenvalue weighted by atomic mass is 16.5. The summed E-state index contributed by atoms with van der Waals surface area (Å²) in [7, 11) is 1.21. The van der Waals surface area contributed by atoms with Crippen LogP contribution in [-0.2, 0) is 16.1 Å². The third kappa shape index (κ3) is 3.52. The molecule has 0 fully saturated rings. The lowest BCUT2D eigenvalue weighted by atomic mass is 9.97. The number of ether oxygens (including phenoxy) is 1. The Kier molecular flexibility index (Phi) is 5.09. The standard InChI is InChI=1S/C12H16O5/c1-17-11(15)6-10(14)12(16)9-5-3-2-4-8(9)7-13/h2-5,10,12-14,16H,6-7H2,1H3. The molecule has 0 aliphatic rings. The summed E-state index contributed by atoms with van der Waals surface area (Å²) in [4.78, 5) is 11.0. The molecule has 1 aromatic rings. The Bertz CT molecular complexity index is 377. The molecule has 0 aliphatic heterocycles. The number of hydrogen-bond acceptors (Lipinski definition) is 5. The fourth-order valence-corrected chi connectivity index (χ4v) is 1.54. The highest BCUT2D eigenvalue weighted by Crippen LogP contribution is 2.22. The summed E-state index contributed by atoms with van der Waals surface area (Å²) < 4.78 is 4.40. The number of benzene rings is 1. The average molecular weight is 240 g/mol. The summed E-state index contributed by atoms with van der Waals surface area (Å²) in [6, 6.07) is 6.64. The van der Waals surface area contributed by atoms with Crippen LogP contribution in [0.1, 0.15) is 23.7 Å². The molecule has 0 aromatic heterocycles. The maximum absolute atomic E-state index is 11.0. The first-order valence-electron chi connectivity index (χ1n) is 5.21. The Labute approximate surface area is 99.3 Å². The van der Waals surface area contributed by atoms with E-state index in [4.69, 9.17) is 5.11 Å². The number of rotatable bonds is 5. The molecule has 2 atom stereocenters. The number of hydrogen-bond donors (Lipinski definition) is 3. The van der Waals surface area contributed by atoms with Gasteiger partial charge in [0.25, 0.3) is 0 Å². The molecule has 0 saturated carbocycles. The van der Waals surface area contributed by atoms with Crippen LogP contribution in [0.4, 0.5) is 0 Å². The molecular weight excluding hydrogens is 224 g/mol. The SMILES string of the molecule is COC(=O)CC(O)C(O)c1ccccc1CO. The summed E-state index contributed by atoms with van der Waals surface area (Å²) in [6.07, 6.45) is -2.77. The molecule has 0 bridgehead atoms. The van der Waals surface area contributed by atoms with E-state index in [1.807, 2.05) is 0 Å². The lowest BCUT2D eigenvalue weighted by molar-refractivity contribution is -0.144. The zero-order chi connectivity index (χ0) is 12.8. The van der Waals surface area contributed by atoms with E-state index in [0.717, 1.165) is 0 Å². The third-order valence-electron chi connectivity index (χ3n) is 2.51. The lowest BCUT2D eigenvalue weighted by Gasteiger charge is -2.19. The fraction of sp³-hybridized carbons (Fsp3) is 0.417. The van der Waals surface area contributed by atoms with Crippen LogP contribution in [0.25, 0.3) is 0 Å². The molecule has 94 valence electrons. The first kappa shape index (κ1) is 13.6. The number of aliphatic hydroxyl groups excluding tert-OH is 3. The molecule has 3 N–H and O–H groups in total. The van der Waals surface area contributed by atoms with E-state index in [2.05, 4.69) is 4.74 Å². The van der Waals surface area contributed by atoms with Gasteiger partial charge < -0.3 is 20.1 Å². The minimum absolute atomic E-state index is 0.238. The summed E-state index contributed by atoms with van der Waals surface area (Å²) in [6.45, 7) is -0.238. The molecule has 5 heteroatoms. The van der Waals surface area contributed by atoms with Crippen molar-refractivity contribution in [3.8, 4) is 0 Å². The molecule has 2 unspecified atom stereocenters. The molecule has 1 aromatic carbocycles. The first-order chi connectivity index (χ1) is 8.10. The van der Waals surface area contributed by atoms with E-state index < -0.39 is 18.2 Å². The Balaban J connectivity index is 2.80. The van der Waals surface area contributed by atoms with Gasteiger partial charge in [-0.3, -0.25) is 4.79 Å². The minimum atomic E-state index is -1.25. The van der Waals surface area contributed by atoms with E-state index >= 15 is 0 Å². The zero-order valence-corrected chi connectivity index (χ0v) is 9.54. The van der Waals surface area contributed by atoms with Crippen molar-refractivity contribution in [3.63, 3.8) is 0 Å². The number of methoxy groups -OCH3 is 1. The molecule has 0 heterocycles. The van der Waals surface area contributed by atoms with Crippen molar-refractivity contribution in [3.05, 3.63) is 35.4 Å². The summed E-state index contributed by atoms with van der Waals surface area (Å²) in [5.74, 6) is -0.599. The largest absolute Gasteiger partial charge is 0.469 e. The van der Waals surface area contributed by atoms with Crippen molar-refractivity contribution in [2.45, 2.75) is 25.2 Å². The van der Waals surface area contributed by atoms with E-state index in [-0.39, 0.29) is 13.0 Å². The van der Waals surface area contributed by atoms with Crippen LogP contribution in [0.3, 0.4) is 0 Å². The molecular formula is C12H16O5. The molecule has 0 saturated heterocycles. The maximum Gasteiger partial charge on any atom is 0.308 e. The normalized spacial score (nSPS) is 14.1. The Morgan fingerprint density at radius 1 is 1.35 bits per heavy atom. The number of esters is 1. The van der Waals surface area contributed by atoms with Crippen molar-refractivity contribution >= 4 is 5.97 Å². The minimum Gasteiger partial charge on any atom is -0.469 e. The van der Waals surface area contributed by atoms with E-state index in [1.54, 1.807) is 24.3 Å². The van der Waals surface area contributed by atoms with Gasteiger partial charge in [-0.15, -0.1) is 0 Å². The van der Waals surface area contributed by atoms with Crippen LogP contribution in [0, 0.1) is 0 Å². The van der Waals surface area contributed by atoms with E-state index in [1.165, 1.54) is 7.11 Å². The molecule has 0 radical (unpaired) electrons. The quantitative estimate of drug-likeness (QED) is 0.637. The van der Waals surface area contributed by atoms with E-state index in [9.17, 15) is 15.0 Å². The van der Waals surface area contributed by atoms with Crippen LogP contribution in [-0.4, -0.2) is 34.5 Å². The summed E-state index contributed by atoms with van der Waals surface area (Å²) >= 11 is 0. The van der Waals surface area contributed by atoms with Crippen molar-refractivity contribution in [2.24, 2.45) is 0 Å². The lowest BCUT2D eigenvalue weighted by Crippen LogP contribution is -2.23. The second-order valence-electron chi connectivity index (χ2n) is 3.65. The zero-order valence-electron chi connectivity index (χ0n) is 9.54. The van der Waals surface area contributed by atoms with E-state index in [0.29, 0.717) is 11.1 Å². The van der Waals surface area contributed by atoms with Crippen molar-refractivity contribution < 1.29 is 24.9 Å². The number of carbonyl (C=O) groups excluding carboxylic acids is 1. The summed E-state index contributed by atoms with van der Waals surface area (Å²) in [5, 5.41) is 28.6. The monoisotopic (exact) mass is 240 g/mol. The number of carbonyl (C=O) groups is 1. The first-order valence-corrected chi connectivity index (χ1v) is 5.21. The van der Waals surface area contributed by atoms with Gasteiger partial charge in [0.05, 0.1) is 26.2 Å². The average Bonchev–Trinajstić information content (AvgIpc) is 2.37. The smallest absolute Gasteiger partial charge is 0.308 e. The number of aliphatic hydroxyl groups is 3. The molecule has 17 heavy (non-hydrogen) atoms. The van der Waals surface area contributed by atoms with Crippen LogP contribution in [0.2, 0.25) is 0 Å². The molecule has 5 nitrogen and oxygen atoms in total. The second-order valence-corrected chi connectivity index (χ2v) is 3.65. The van der Waals surface area contributed by atoms with Gasteiger partial charge >= 0.3 is 5.97 Å². The maximum atomic E-state index is 11.0. The van der Waals surface area contributed by atoms with Crippen LogP contribution >= 0.6 is 0 Å². The Hall–Kier alpha value is -1.43. The Morgan fingerprint density at radius 2 is 2.00 bits per heavy atom. The highest BCUT2D eigenvalue weighted by molar-refractivity contribution is 5.69. The molecule has 1 rings (SSSR count). The molecule has 0 aliphatic carbocycles. The van der Waals surface area contributed by atoms with Crippen molar-refractivity contribution in [1.82, 2.24) is 0 Å². The highest BCUT2D eigenvalue weighted by Gasteiger charge is 2.23. The fourth-order valence-electron chi connectivity index (χ4n) is 1.54. The van der Waals surface area contributed by atoms with Crippen molar-refractivity contribution in [2.75, 3.05) is 7.11 Å². The van der Waals surface area contributed by atoms with Crippen LogP contribution in [0.15, 0.2) is 24.3 Å². The van der Waals surface area contributed by atoms with Gasteiger partial charge in [-0.2, -0.15) is 0 Å². The molecule has 0 spiro atoms. The predicted molar refractivity (Wildman–Crippen MR) is 60.0 cm³/mol. The van der Waals surface area contributed by atoms with Gasteiger partial charge in [0, 0.05) is 0 Å². The Morgan fingerprint density at radius 3 is 2.59 bits per heavy atom. The predicted octanol–water partition coefficient (Wildman–Crippen LogP) is 0.136. The topological polar surface area (TPSA) is 87.0 Å². The van der Waals surface area contributed by atoms with Gasteiger partial charge in [-0.25, -0.2) is 0 Å². The van der Waals surface area contributed by atoms with Gasteiger partial charge in [-0.05, 0) is 11.1 Å². The third-order valence-corrected chi connectivity index (χ3v) is 2.51. The van der Waals surface area contributed by atoms with Gasteiger partial charge in [0.15, 0.2) is 0 Å². The second kappa shape index (κ2) is 6.34. The molecule has 0 amide bonds. The van der Waals surface area contributed by atoms with Crippen molar-refractivity contribution in [1.29, 1.82) is 0 Å². The summed E-state index contributed by atoms with van der Waals surface area (Å²) in [5.41, 5.74) is 0.926. The van der Waals surface area contributed by atoms with Gasteiger partial charge in [0.1, 0.15) is 6.10 Å².